The zero-order chi connectivity index (χ0) is 13.5. The Morgan fingerprint density at radius 3 is 1.47 bits per heavy atom. The van der Waals surface area contributed by atoms with Gasteiger partial charge in [0.2, 0.25) is 0 Å². The van der Waals surface area contributed by atoms with Gasteiger partial charge in [0.15, 0.2) is 0 Å². The lowest BCUT2D eigenvalue weighted by molar-refractivity contribution is 0.00578. The topological polar surface area (TPSA) is 18.5 Å². The third-order valence-electron chi connectivity index (χ3n) is 6.84. The van der Waals surface area contributed by atoms with E-state index in [4.69, 9.17) is 9.31 Å². The highest BCUT2D eigenvalue weighted by Crippen LogP contribution is 2.66. The Balaban J connectivity index is 1.63. The minimum atomic E-state index is -0.166. The van der Waals surface area contributed by atoms with E-state index in [1.807, 2.05) is 0 Å². The van der Waals surface area contributed by atoms with Crippen LogP contribution < -0.4 is 0 Å². The lowest BCUT2D eigenvalue weighted by Gasteiger charge is -2.57. The van der Waals surface area contributed by atoms with E-state index in [2.05, 4.69) is 27.7 Å². The largest absolute Gasteiger partial charge is 0.464 e. The zero-order valence-corrected chi connectivity index (χ0v) is 12.9. The summed E-state index contributed by atoms with van der Waals surface area (Å²) in [6.07, 6.45) is 8.53. The van der Waals surface area contributed by atoms with Crippen LogP contribution in [-0.2, 0) is 9.31 Å². The van der Waals surface area contributed by atoms with Crippen LogP contribution in [0, 0.1) is 17.8 Å². The molecule has 1 aliphatic heterocycles. The molecule has 0 aromatic rings. The minimum Gasteiger partial charge on any atom is -0.403 e. The predicted octanol–water partition coefficient (Wildman–Crippen LogP) is 4.05. The number of hydrogen-bond acceptors (Lipinski definition) is 2. The van der Waals surface area contributed by atoms with Crippen LogP contribution in [0.2, 0.25) is 5.31 Å². The van der Waals surface area contributed by atoms with Crippen LogP contribution in [0.1, 0.15) is 66.2 Å². The molecule has 0 atom stereocenters. The van der Waals surface area contributed by atoms with Crippen molar-refractivity contribution in [3.8, 4) is 0 Å². The van der Waals surface area contributed by atoms with Crippen molar-refractivity contribution in [3.05, 3.63) is 0 Å². The average molecular weight is 262 g/mol. The summed E-state index contributed by atoms with van der Waals surface area (Å²) < 4.78 is 12.9. The van der Waals surface area contributed by atoms with Crippen molar-refractivity contribution < 1.29 is 9.31 Å². The Bertz CT molecular complexity index is 350. The van der Waals surface area contributed by atoms with Crippen LogP contribution in [0.5, 0.6) is 0 Å². The first-order valence-corrected chi connectivity index (χ1v) is 8.15. The summed E-state index contributed by atoms with van der Waals surface area (Å²) in [5.74, 6) is 2.89. The highest BCUT2D eigenvalue weighted by atomic mass is 16.7. The molecule has 106 valence electrons. The maximum Gasteiger partial charge on any atom is 0.464 e. The maximum atomic E-state index is 6.43. The predicted molar refractivity (Wildman–Crippen MR) is 76.9 cm³/mol. The van der Waals surface area contributed by atoms with Gasteiger partial charge in [0.05, 0.1) is 11.2 Å². The van der Waals surface area contributed by atoms with Crippen LogP contribution in [0.25, 0.3) is 0 Å². The Labute approximate surface area is 117 Å². The van der Waals surface area contributed by atoms with E-state index >= 15 is 0 Å². The number of rotatable bonds is 1. The van der Waals surface area contributed by atoms with Gasteiger partial charge in [-0.2, -0.15) is 0 Å². The zero-order valence-electron chi connectivity index (χ0n) is 12.9. The molecule has 4 aliphatic carbocycles. The highest BCUT2D eigenvalue weighted by Gasteiger charge is 2.64. The second-order valence-corrected chi connectivity index (χ2v) is 8.87. The normalized spacial score (nSPS) is 49.9. The molecule has 2 nitrogen and oxygen atoms in total. The maximum absolute atomic E-state index is 6.43. The van der Waals surface area contributed by atoms with Crippen molar-refractivity contribution in [2.45, 2.75) is 82.7 Å². The Hall–Kier alpha value is -0.0151. The molecule has 0 aromatic heterocycles. The van der Waals surface area contributed by atoms with Crippen molar-refractivity contribution >= 4 is 7.12 Å². The van der Waals surface area contributed by atoms with E-state index in [-0.39, 0.29) is 18.3 Å². The van der Waals surface area contributed by atoms with Crippen LogP contribution in [0.15, 0.2) is 0 Å². The second-order valence-electron chi connectivity index (χ2n) is 8.87. The summed E-state index contributed by atoms with van der Waals surface area (Å²) in [5.41, 5.74) is -0.331. The van der Waals surface area contributed by atoms with Crippen LogP contribution >= 0.6 is 0 Å². The van der Waals surface area contributed by atoms with E-state index in [1.54, 1.807) is 0 Å². The van der Waals surface area contributed by atoms with Crippen molar-refractivity contribution in [3.63, 3.8) is 0 Å². The molecule has 5 rings (SSSR count). The monoisotopic (exact) mass is 262 g/mol. The molecular weight excluding hydrogens is 235 g/mol. The van der Waals surface area contributed by atoms with E-state index in [0.717, 1.165) is 17.8 Å². The Kier molecular flexibility index (Phi) is 2.40. The SMILES string of the molecule is CC1(C)OB(C23CC4CC(CC(C4)C2)C3)OC1(C)C. The van der Waals surface area contributed by atoms with Crippen molar-refractivity contribution in [2.75, 3.05) is 0 Å². The van der Waals surface area contributed by atoms with Gasteiger partial charge in [0.25, 0.3) is 0 Å². The molecule has 0 spiro atoms. The molecule has 5 fully saturated rings. The van der Waals surface area contributed by atoms with Crippen molar-refractivity contribution in [1.82, 2.24) is 0 Å². The molecule has 0 aromatic carbocycles. The molecule has 19 heavy (non-hydrogen) atoms. The van der Waals surface area contributed by atoms with Crippen LogP contribution in [0.3, 0.4) is 0 Å². The van der Waals surface area contributed by atoms with E-state index in [9.17, 15) is 0 Å². The second kappa shape index (κ2) is 3.60. The lowest BCUT2D eigenvalue weighted by Crippen LogP contribution is -2.50. The molecule has 0 N–H and O–H groups in total. The third-order valence-corrected chi connectivity index (χ3v) is 6.84. The molecule has 1 saturated heterocycles. The molecular formula is C16H27BO2. The van der Waals surface area contributed by atoms with Crippen molar-refractivity contribution in [2.24, 2.45) is 17.8 Å². The summed E-state index contributed by atoms with van der Waals surface area (Å²) in [6, 6.07) is 0. The smallest absolute Gasteiger partial charge is 0.403 e. The molecule has 5 aliphatic rings. The van der Waals surface area contributed by atoms with Gasteiger partial charge in [-0.05, 0) is 84.0 Å². The summed E-state index contributed by atoms with van der Waals surface area (Å²) in [4.78, 5) is 0. The summed E-state index contributed by atoms with van der Waals surface area (Å²) >= 11 is 0. The van der Waals surface area contributed by atoms with Gasteiger partial charge in [0, 0.05) is 5.31 Å². The van der Waals surface area contributed by atoms with Gasteiger partial charge >= 0.3 is 7.12 Å². The van der Waals surface area contributed by atoms with Gasteiger partial charge in [0.1, 0.15) is 0 Å². The quantitative estimate of drug-likeness (QED) is 0.664. The van der Waals surface area contributed by atoms with E-state index < -0.39 is 0 Å². The minimum absolute atomic E-state index is 0.0471. The first-order chi connectivity index (χ1) is 8.80. The molecule has 0 amide bonds. The third kappa shape index (κ3) is 1.70. The van der Waals surface area contributed by atoms with Crippen LogP contribution in [0.4, 0.5) is 0 Å². The van der Waals surface area contributed by atoms with Crippen molar-refractivity contribution in [1.29, 1.82) is 0 Å². The summed E-state index contributed by atoms with van der Waals surface area (Å²) in [7, 11) is 0.0471. The molecule has 1 heterocycles. The van der Waals surface area contributed by atoms with E-state index in [0.29, 0.717) is 5.31 Å². The van der Waals surface area contributed by atoms with Gasteiger partial charge in [-0.25, -0.2) is 0 Å². The van der Waals surface area contributed by atoms with Gasteiger partial charge < -0.3 is 9.31 Å². The summed E-state index contributed by atoms with van der Waals surface area (Å²) in [6.45, 7) is 8.75. The van der Waals surface area contributed by atoms with Gasteiger partial charge in [-0.3, -0.25) is 0 Å². The first-order valence-electron chi connectivity index (χ1n) is 8.15. The fourth-order valence-electron chi connectivity index (χ4n) is 5.56. The molecule has 4 saturated carbocycles. The molecule has 0 unspecified atom stereocenters. The van der Waals surface area contributed by atoms with E-state index in [1.165, 1.54) is 38.5 Å². The van der Waals surface area contributed by atoms with Gasteiger partial charge in [-0.1, -0.05) is 0 Å². The lowest BCUT2D eigenvalue weighted by atomic mass is 9.38. The molecule has 0 radical (unpaired) electrons. The Morgan fingerprint density at radius 1 is 0.737 bits per heavy atom. The first kappa shape index (κ1) is 12.7. The van der Waals surface area contributed by atoms with Gasteiger partial charge in [-0.15, -0.1) is 0 Å². The molecule has 4 bridgehead atoms. The summed E-state index contributed by atoms with van der Waals surface area (Å²) in [5, 5.41) is 0.347. The highest BCUT2D eigenvalue weighted by molar-refractivity contribution is 6.49. The number of hydrogen-bond donors (Lipinski definition) is 0. The molecule has 3 heteroatoms. The van der Waals surface area contributed by atoms with Crippen LogP contribution in [-0.4, -0.2) is 18.3 Å². The average Bonchev–Trinajstić information content (AvgIpc) is 2.46. The standard InChI is InChI=1S/C16H27BO2/c1-14(2)15(3,4)19-17(18-14)16-8-11-5-12(9-16)7-13(6-11)10-16/h11-13H,5-10H2,1-4H3. The fraction of sp³-hybridized carbons (Fsp3) is 1.00. The fourth-order valence-corrected chi connectivity index (χ4v) is 5.56. The Morgan fingerprint density at radius 2 is 1.11 bits per heavy atom.